The monoisotopic (exact) mass is 354 g/mol. The largest absolute Gasteiger partial charge is 0.349 e. The first-order chi connectivity index (χ1) is 9.60. The molecule has 2 rings (SSSR count). The zero-order chi connectivity index (χ0) is 14.5. The van der Waals surface area contributed by atoms with Crippen LogP contribution in [0.5, 0.6) is 0 Å². The van der Waals surface area contributed by atoms with Crippen LogP contribution in [0.25, 0.3) is 0 Å². The third-order valence-electron chi connectivity index (χ3n) is 3.37. The number of thiophene rings is 1. The van der Waals surface area contributed by atoms with Gasteiger partial charge in [-0.3, -0.25) is 0 Å². The standard InChI is InChI=1S/C16H23BrN2S/c1-4-6-18-16(12(2)3)13-5-7-19(9-13)10-15-8-14(17)11-20-15/h5,7-9,11-12,16,18H,4,6,10H2,1-3H3. The van der Waals surface area contributed by atoms with Crippen LogP contribution >= 0.6 is 27.3 Å². The van der Waals surface area contributed by atoms with E-state index in [0.717, 1.165) is 13.1 Å². The Balaban J connectivity index is 2.06. The van der Waals surface area contributed by atoms with Crippen LogP contribution in [-0.4, -0.2) is 11.1 Å². The van der Waals surface area contributed by atoms with Gasteiger partial charge in [-0.2, -0.15) is 0 Å². The number of hydrogen-bond acceptors (Lipinski definition) is 2. The predicted molar refractivity (Wildman–Crippen MR) is 91.4 cm³/mol. The molecule has 0 saturated carbocycles. The molecule has 0 aromatic carbocycles. The van der Waals surface area contributed by atoms with Gasteiger partial charge in [0.05, 0.1) is 6.54 Å². The zero-order valence-electron chi connectivity index (χ0n) is 12.4. The second-order valence-electron chi connectivity index (χ2n) is 5.52. The molecule has 4 heteroatoms. The van der Waals surface area contributed by atoms with Gasteiger partial charge in [-0.25, -0.2) is 0 Å². The molecule has 1 N–H and O–H groups in total. The maximum Gasteiger partial charge on any atom is 0.0564 e. The fraction of sp³-hybridized carbons (Fsp3) is 0.500. The molecule has 110 valence electrons. The highest BCUT2D eigenvalue weighted by Crippen LogP contribution is 2.24. The molecule has 0 spiro atoms. The number of hydrogen-bond donors (Lipinski definition) is 1. The van der Waals surface area contributed by atoms with Crippen molar-refractivity contribution in [3.8, 4) is 0 Å². The summed E-state index contributed by atoms with van der Waals surface area (Å²) < 4.78 is 3.45. The number of nitrogens with one attached hydrogen (secondary N) is 1. The molecular weight excluding hydrogens is 332 g/mol. The van der Waals surface area contributed by atoms with Crippen molar-refractivity contribution in [2.45, 2.75) is 39.8 Å². The van der Waals surface area contributed by atoms with Crippen molar-refractivity contribution in [1.29, 1.82) is 0 Å². The Labute approximate surface area is 134 Å². The summed E-state index contributed by atoms with van der Waals surface area (Å²) in [5, 5.41) is 5.79. The van der Waals surface area contributed by atoms with Crippen molar-refractivity contribution in [1.82, 2.24) is 9.88 Å². The lowest BCUT2D eigenvalue weighted by Gasteiger charge is -2.21. The summed E-state index contributed by atoms with van der Waals surface area (Å²) in [5.74, 6) is 0.605. The Bertz CT molecular complexity index is 530. The van der Waals surface area contributed by atoms with Crippen LogP contribution in [0.3, 0.4) is 0 Å². The lowest BCUT2D eigenvalue weighted by Crippen LogP contribution is -2.26. The fourth-order valence-corrected chi connectivity index (χ4v) is 3.86. The molecule has 0 fully saturated rings. The van der Waals surface area contributed by atoms with Gasteiger partial charge in [-0.15, -0.1) is 11.3 Å². The van der Waals surface area contributed by atoms with Crippen molar-refractivity contribution in [3.05, 3.63) is 44.8 Å². The predicted octanol–water partition coefficient (Wildman–Crippen LogP) is 5.06. The smallest absolute Gasteiger partial charge is 0.0564 e. The number of aromatic nitrogens is 1. The van der Waals surface area contributed by atoms with Crippen molar-refractivity contribution < 1.29 is 0 Å². The van der Waals surface area contributed by atoms with Crippen LogP contribution < -0.4 is 5.32 Å². The topological polar surface area (TPSA) is 17.0 Å². The van der Waals surface area contributed by atoms with Gasteiger partial charge in [0.25, 0.3) is 0 Å². The van der Waals surface area contributed by atoms with Crippen molar-refractivity contribution in [2.75, 3.05) is 6.54 Å². The van der Waals surface area contributed by atoms with E-state index in [2.05, 4.69) is 76.5 Å². The SMILES string of the molecule is CCCNC(c1ccn(Cc2cc(Br)cs2)c1)C(C)C. The van der Waals surface area contributed by atoms with Crippen LogP contribution in [-0.2, 0) is 6.54 Å². The molecular formula is C16H23BrN2S. The van der Waals surface area contributed by atoms with E-state index < -0.39 is 0 Å². The highest BCUT2D eigenvalue weighted by atomic mass is 79.9. The summed E-state index contributed by atoms with van der Waals surface area (Å²) in [4.78, 5) is 1.38. The summed E-state index contributed by atoms with van der Waals surface area (Å²) in [6.07, 6.45) is 5.64. The summed E-state index contributed by atoms with van der Waals surface area (Å²) >= 11 is 5.31. The number of halogens is 1. The normalized spacial score (nSPS) is 13.1. The second-order valence-corrected chi connectivity index (χ2v) is 7.44. The van der Waals surface area contributed by atoms with Gasteiger partial charge < -0.3 is 9.88 Å². The first-order valence-electron chi connectivity index (χ1n) is 7.22. The first-order valence-corrected chi connectivity index (χ1v) is 8.89. The quantitative estimate of drug-likeness (QED) is 0.735. The van der Waals surface area contributed by atoms with Gasteiger partial charge in [0.2, 0.25) is 0 Å². The first kappa shape index (κ1) is 15.8. The molecule has 1 unspecified atom stereocenters. The molecule has 0 aliphatic rings. The van der Waals surface area contributed by atoms with E-state index in [4.69, 9.17) is 0 Å². The third kappa shape index (κ3) is 4.21. The molecule has 0 bridgehead atoms. The highest BCUT2D eigenvalue weighted by molar-refractivity contribution is 9.10. The minimum atomic E-state index is 0.450. The second kappa shape index (κ2) is 7.43. The lowest BCUT2D eigenvalue weighted by atomic mass is 9.98. The van der Waals surface area contributed by atoms with E-state index in [-0.39, 0.29) is 0 Å². The van der Waals surface area contributed by atoms with Crippen molar-refractivity contribution in [3.63, 3.8) is 0 Å². The third-order valence-corrected chi connectivity index (χ3v) is 5.06. The minimum absolute atomic E-state index is 0.450. The van der Waals surface area contributed by atoms with Crippen LogP contribution in [0.15, 0.2) is 34.4 Å². The molecule has 0 radical (unpaired) electrons. The number of rotatable bonds is 7. The number of nitrogens with zero attached hydrogens (tertiary/aromatic N) is 1. The summed E-state index contributed by atoms with van der Waals surface area (Å²) in [6.45, 7) is 8.80. The minimum Gasteiger partial charge on any atom is -0.349 e. The van der Waals surface area contributed by atoms with Crippen LogP contribution in [0.1, 0.15) is 43.7 Å². The maximum atomic E-state index is 3.65. The Morgan fingerprint density at radius 2 is 2.20 bits per heavy atom. The van der Waals surface area contributed by atoms with Gasteiger partial charge in [-0.05, 0) is 52.5 Å². The van der Waals surface area contributed by atoms with Gasteiger partial charge in [-0.1, -0.05) is 20.8 Å². The molecule has 0 saturated heterocycles. The van der Waals surface area contributed by atoms with E-state index in [9.17, 15) is 0 Å². The summed E-state index contributed by atoms with van der Waals surface area (Å²) in [7, 11) is 0. The van der Waals surface area contributed by atoms with Gasteiger partial charge in [0.15, 0.2) is 0 Å². The van der Waals surface area contributed by atoms with E-state index in [1.165, 1.54) is 21.3 Å². The molecule has 0 aliphatic carbocycles. The molecule has 1 atom stereocenters. The van der Waals surface area contributed by atoms with Gasteiger partial charge >= 0.3 is 0 Å². The van der Waals surface area contributed by atoms with Crippen molar-refractivity contribution in [2.24, 2.45) is 5.92 Å². The van der Waals surface area contributed by atoms with Crippen molar-refractivity contribution >= 4 is 27.3 Å². The molecule has 2 aromatic rings. The van der Waals surface area contributed by atoms with Crippen LogP contribution in [0.4, 0.5) is 0 Å². The average molecular weight is 355 g/mol. The van der Waals surface area contributed by atoms with E-state index in [1.807, 2.05) is 0 Å². The van der Waals surface area contributed by atoms with E-state index in [1.54, 1.807) is 11.3 Å². The Hall–Kier alpha value is -0.580. The molecule has 0 aliphatic heterocycles. The zero-order valence-corrected chi connectivity index (χ0v) is 14.8. The summed E-state index contributed by atoms with van der Waals surface area (Å²) in [5.41, 5.74) is 1.39. The molecule has 2 heterocycles. The van der Waals surface area contributed by atoms with E-state index in [0.29, 0.717) is 12.0 Å². The van der Waals surface area contributed by atoms with Crippen LogP contribution in [0, 0.1) is 5.92 Å². The van der Waals surface area contributed by atoms with Gasteiger partial charge in [0, 0.05) is 33.2 Å². The molecule has 2 nitrogen and oxygen atoms in total. The van der Waals surface area contributed by atoms with Gasteiger partial charge in [0.1, 0.15) is 0 Å². The molecule has 0 amide bonds. The van der Waals surface area contributed by atoms with E-state index >= 15 is 0 Å². The average Bonchev–Trinajstić information content (AvgIpc) is 3.00. The highest BCUT2D eigenvalue weighted by Gasteiger charge is 2.15. The maximum absolute atomic E-state index is 3.65. The Kier molecular flexibility index (Phi) is 5.87. The summed E-state index contributed by atoms with van der Waals surface area (Å²) in [6, 6.07) is 4.89. The molecule has 20 heavy (non-hydrogen) atoms. The van der Waals surface area contributed by atoms with Crippen LogP contribution in [0.2, 0.25) is 0 Å². The fourth-order valence-electron chi connectivity index (χ4n) is 2.40. The lowest BCUT2D eigenvalue weighted by molar-refractivity contribution is 0.412. The molecule has 2 aromatic heterocycles. The Morgan fingerprint density at radius 3 is 2.80 bits per heavy atom. The Morgan fingerprint density at radius 1 is 1.40 bits per heavy atom.